The van der Waals surface area contributed by atoms with Gasteiger partial charge < -0.3 is 5.11 Å². The van der Waals surface area contributed by atoms with Gasteiger partial charge in [0.1, 0.15) is 6.10 Å². The van der Waals surface area contributed by atoms with Crippen molar-refractivity contribution >= 4 is 38.4 Å². The maximum Gasteiger partial charge on any atom is 0.124 e. The molecule has 0 radical (unpaired) electrons. The number of fused-ring (bicyclic) bond motifs is 1. The Morgan fingerprint density at radius 1 is 1.38 bits per heavy atom. The van der Waals surface area contributed by atoms with Gasteiger partial charge in [0.2, 0.25) is 0 Å². The van der Waals surface area contributed by atoms with E-state index in [0.717, 1.165) is 9.86 Å². The van der Waals surface area contributed by atoms with Crippen molar-refractivity contribution in [2.75, 3.05) is 0 Å². The predicted molar refractivity (Wildman–Crippen MR) is 86.4 cm³/mol. The van der Waals surface area contributed by atoms with Gasteiger partial charge in [-0.05, 0) is 41.1 Å². The number of pyridine rings is 1. The third-order valence-corrected chi connectivity index (χ3v) is 4.37. The molecule has 2 aromatic heterocycles. The number of hydrogen-bond donors (Lipinski definition) is 1. The molecule has 0 aliphatic heterocycles. The second-order valence-electron chi connectivity index (χ2n) is 4.63. The van der Waals surface area contributed by atoms with Crippen molar-refractivity contribution < 1.29 is 5.11 Å². The summed E-state index contributed by atoms with van der Waals surface area (Å²) in [5.41, 5.74) is 2.13. The lowest BCUT2D eigenvalue weighted by atomic mass is 10.0. The third kappa shape index (κ3) is 2.46. The molecule has 0 saturated carbocycles. The van der Waals surface area contributed by atoms with E-state index >= 15 is 0 Å². The first-order chi connectivity index (χ1) is 10.1. The van der Waals surface area contributed by atoms with Gasteiger partial charge in [0.05, 0.1) is 21.9 Å². The van der Waals surface area contributed by atoms with Gasteiger partial charge in [-0.2, -0.15) is 5.10 Å². The van der Waals surface area contributed by atoms with Crippen LogP contribution in [-0.4, -0.2) is 19.9 Å². The van der Waals surface area contributed by atoms with E-state index in [4.69, 9.17) is 11.6 Å². The third-order valence-electron chi connectivity index (χ3n) is 3.43. The summed E-state index contributed by atoms with van der Waals surface area (Å²) in [6.07, 6.45) is 2.56. The quantitative estimate of drug-likeness (QED) is 0.763. The zero-order valence-corrected chi connectivity index (χ0v) is 13.6. The van der Waals surface area contributed by atoms with Gasteiger partial charge in [-0.25, -0.2) is 0 Å². The van der Waals surface area contributed by atoms with Crippen LogP contribution < -0.4 is 0 Å². The van der Waals surface area contributed by atoms with Crippen LogP contribution in [0, 0.1) is 0 Å². The minimum atomic E-state index is -0.823. The Hall–Kier alpha value is -1.43. The summed E-state index contributed by atoms with van der Waals surface area (Å²) in [6.45, 7) is 2.66. The van der Waals surface area contributed by atoms with E-state index in [2.05, 4.69) is 26.0 Å². The fourth-order valence-corrected chi connectivity index (χ4v) is 3.15. The Bertz CT molecular complexity index is 803. The normalized spacial score (nSPS) is 12.8. The first-order valence-corrected chi connectivity index (χ1v) is 7.73. The fourth-order valence-electron chi connectivity index (χ4n) is 2.42. The van der Waals surface area contributed by atoms with Crippen molar-refractivity contribution in [3.05, 3.63) is 57.4 Å². The zero-order valence-electron chi connectivity index (χ0n) is 11.3. The smallest absolute Gasteiger partial charge is 0.124 e. The topological polar surface area (TPSA) is 50.9 Å². The van der Waals surface area contributed by atoms with Gasteiger partial charge in [-0.15, -0.1) is 0 Å². The highest BCUT2D eigenvalue weighted by Crippen LogP contribution is 2.34. The molecule has 0 bridgehead atoms. The Kier molecular flexibility index (Phi) is 3.97. The van der Waals surface area contributed by atoms with Crippen LogP contribution in [0.4, 0.5) is 0 Å². The molecule has 3 rings (SSSR count). The number of benzene rings is 1. The zero-order chi connectivity index (χ0) is 15.0. The van der Waals surface area contributed by atoms with Crippen molar-refractivity contribution in [3.63, 3.8) is 0 Å². The second kappa shape index (κ2) is 5.75. The summed E-state index contributed by atoms with van der Waals surface area (Å²) in [5, 5.41) is 16.5. The maximum atomic E-state index is 10.8. The van der Waals surface area contributed by atoms with Crippen LogP contribution >= 0.6 is 27.5 Å². The average Bonchev–Trinajstić information content (AvgIpc) is 2.88. The van der Waals surface area contributed by atoms with Crippen LogP contribution in [0.5, 0.6) is 0 Å². The van der Waals surface area contributed by atoms with Crippen LogP contribution in [-0.2, 0) is 6.54 Å². The highest BCUT2D eigenvalue weighted by Gasteiger charge is 2.22. The second-order valence-corrected chi connectivity index (χ2v) is 5.89. The molecule has 6 heteroatoms. The van der Waals surface area contributed by atoms with Crippen molar-refractivity contribution in [1.29, 1.82) is 0 Å². The first kappa shape index (κ1) is 14.5. The summed E-state index contributed by atoms with van der Waals surface area (Å²) in [5.74, 6) is 0. The van der Waals surface area contributed by atoms with E-state index in [1.165, 1.54) is 0 Å². The molecule has 21 heavy (non-hydrogen) atoms. The van der Waals surface area contributed by atoms with Crippen molar-refractivity contribution in [3.8, 4) is 0 Å². The predicted octanol–water partition coefficient (Wildman–Crippen LogP) is 3.95. The van der Waals surface area contributed by atoms with Crippen molar-refractivity contribution in [2.24, 2.45) is 0 Å². The lowest BCUT2D eigenvalue weighted by Gasteiger charge is -2.16. The number of rotatable bonds is 3. The molecule has 0 amide bonds. The fraction of sp³-hybridized carbons (Fsp3) is 0.200. The van der Waals surface area contributed by atoms with Crippen LogP contribution in [0.3, 0.4) is 0 Å². The Morgan fingerprint density at radius 2 is 2.19 bits per heavy atom. The molecule has 0 spiro atoms. The van der Waals surface area contributed by atoms with Gasteiger partial charge >= 0.3 is 0 Å². The largest absolute Gasteiger partial charge is 0.382 e. The molecule has 0 aliphatic rings. The van der Waals surface area contributed by atoms with Crippen LogP contribution in [0.2, 0.25) is 5.02 Å². The lowest BCUT2D eigenvalue weighted by Crippen LogP contribution is -2.10. The molecule has 2 heterocycles. The van der Waals surface area contributed by atoms with Gasteiger partial charge in [-0.1, -0.05) is 17.7 Å². The number of nitrogens with zero attached hydrogens (tertiary/aromatic N) is 3. The summed E-state index contributed by atoms with van der Waals surface area (Å²) in [7, 11) is 0. The van der Waals surface area contributed by atoms with Crippen molar-refractivity contribution in [2.45, 2.75) is 19.6 Å². The van der Waals surface area contributed by atoms with Gasteiger partial charge in [0.25, 0.3) is 0 Å². The molecule has 0 saturated heterocycles. The summed E-state index contributed by atoms with van der Waals surface area (Å²) < 4.78 is 2.54. The highest BCUT2D eigenvalue weighted by molar-refractivity contribution is 9.10. The van der Waals surface area contributed by atoms with E-state index in [-0.39, 0.29) is 0 Å². The standard InChI is InChI=1S/C15H13BrClN3O/c1-2-20-14(11(16)8-19-20)15(21)10-5-6-12(17)9-4-3-7-18-13(9)10/h3-8,15,21H,2H2,1H3. The monoisotopic (exact) mass is 365 g/mol. The Labute approximate surface area is 135 Å². The minimum absolute atomic E-state index is 0.622. The Balaban J connectivity index is 2.21. The molecular weight excluding hydrogens is 354 g/mol. The van der Waals surface area contributed by atoms with E-state index in [9.17, 15) is 5.11 Å². The number of aliphatic hydroxyl groups excluding tert-OH is 1. The summed E-state index contributed by atoms with van der Waals surface area (Å²) >= 11 is 9.64. The van der Waals surface area contributed by atoms with Crippen LogP contribution in [0.1, 0.15) is 24.3 Å². The number of halogens is 2. The molecule has 1 N–H and O–H groups in total. The SMILES string of the molecule is CCn1ncc(Br)c1C(O)c1ccc(Cl)c2cccnc12. The highest BCUT2D eigenvalue weighted by atomic mass is 79.9. The van der Waals surface area contributed by atoms with Crippen molar-refractivity contribution in [1.82, 2.24) is 14.8 Å². The molecule has 1 atom stereocenters. The lowest BCUT2D eigenvalue weighted by molar-refractivity contribution is 0.208. The number of aromatic nitrogens is 3. The first-order valence-electron chi connectivity index (χ1n) is 6.56. The van der Waals surface area contributed by atoms with E-state index in [1.807, 2.05) is 25.1 Å². The number of hydrogen-bond acceptors (Lipinski definition) is 3. The number of aliphatic hydroxyl groups is 1. The summed E-state index contributed by atoms with van der Waals surface area (Å²) in [6, 6.07) is 7.32. The van der Waals surface area contributed by atoms with Crippen LogP contribution in [0.15, 0.2) is 41.1 Å². The average molecular weight is 367 g/mol. The van der Waals surface area contributed by atoms with E-state index in [1.54, 1.807) is 23.1 Å². The number of aryl methyl sites for hydroxylation is 1. The molecule has 108 valence electrons. The molecular formula is C15H13BrClN3O. The molecule has 3 aromatic rings. The minimum Gasteiger partial charge on any atom is -0.382 e. The van der Waals surface area contributed by atoms with E-state index < -0.39 is 6.10 Å². The molecule has 1 unspecified atom stereocenters. The van der Waals surface area contributed by atoms with E-state index in [0.29, 0.717) is 28.3 Å². The van der Waals surface area contributed by atoms with Gasteiger partial charge in [0, 0.05) is 28.7 Å². The van der Waals surface area contributed by atoms with Crippen LogP contribution in [0.25, 0.3) is 10.9 Å². The molecule has 4 nitrogen and oxygen atoms in total. The maximum absolute atomic E-state index is 10.8. The molecule has 0 fully saturated rings. The van der Waals surface area contributed by atoms with Gasteiger partial charge in [-0.3, -0.25) is 9.67 Å². The Morgan fingerprint density at radius 3 is 2.95 bits per heavy atom. The van der Waals surface area contributed by atoms with Gasteiger partial charge in [0.15, 0.2) is 0 Å². The molecule has 0 aliphatic carbocycles. The summed E-state index contributed by atoms with van der Waals surface area (Å²) in [4.78, 5) is 4.37. The molecule has 1 aromatic carbocycles.